The Kier molecular flexibility index (Phi) is 10.9. The summed E-state index contributed by atoms with van der Waals surface area (Å²) < 4.78 is 10.4. The zero-order valence-electron chi connectivity index (χ0n) is 23.7. The molecule has 0 aromatic heterocycles. The first kappa shape index (κ1) is 31.2. The molecule has 0 bridgehead atoms. The number of methoxy groups -OCH3 is 2. The molecule has 0 heterocycles. The van der Waals surface area contributed by atoms with Crippen molar-refractivity contribution in [2.75, 3.05) is 24.9 Å². The Bertz CT molecular complexity index is 1630. The van der Waals surface area contributed by atoms with Crippen LogP contribution in [-0.2, 0) is 9.59 Å². The Hall–Kier alpha value is -4.73. The van der Waals surface area contributed by atoms with Gasteiger partial charge in [0, 0.05) is 21.8 Å². The molecule has 4 rings (SSSR count). The lowest BCUT2D eigenvalue weighted by Crippen LogP contribution is -2.30. The number of carbonyl (C=O) groups is 3. The second-order valence-corrected chi connectivity index (χ2v) is 11.1. The van der Waals surface area contributed by atoms with Crippen molar-refractivity contribution in [2.24, 2.45) is 0 Å². The Morgan fingerprint density at radius 1 is 0.814 bits per heavy atom. The van der Waals surface area contributed by atoms with Crippen LogP contribution in [0.2, 0.25) is 5.02 Å². The van der Waals surface area contributed by atoms with E-state index in [1.807, 2.05) is 12.1 Å². The summed E-state index contributed by atoms with van der Waals surface area (Å²) in [6.45, 7) is 1.78. The van der Waals surface area contributed by atoms with Crippen LogP contribution in [0.1, 0.15) is 22.8 Å². The van der Waals surface area contributed by atoms with Crippen molar-refractivity contribution < 1.29 is 23.9 Å². The molecule has 43 heavy (non-hydrogen) atoms. The van der Waals surface area contributed by atoms with Crippen LogP contribution in [0.15, 0.2) is 108 Å². The van der Waals surface area contributed by atoms with Gasteiger partial charge in [0.15, 0.2) is 0 Å². The molecule has 4 aromatic carbocycles. The average molecular weight is 616 g/mol. The largest absolute Gasteiger partial charge is 0.497 e. The van der Waals surface area contributed by atoms with Gasteiger partial charge in [0.1, 0.15) is 17.2 Å². The zero-order chi connectivity index (χ0) is 30.8. The van der Waals surface area contributed by atoms with E-state index in [1.165, 1.54) is 18.9 Å². The molecule has 0 spiro atoms. The number of thioether (sulfide) groups is 1. The number of carbonyl (C=O) groups excluding carboxylic acids is 3. The van der Waals surface area contributed by atoms with Crippen molar-refractivity contribution in [1.29, 1.82) is 0 Å². The Morgan fingerprint density at radius 3 is 2.21 bits per heavy atom. The standard InChI is InChI=1S/C33H30ClN3O5S/c1-21(31(38)35-25-14-17-30(42-3)28(34)20-25)43-27-11-7-10-24(19-27)36-33(40)29(18-22-12-15-26(41-2)16-13-22)37-32(39)23-8-5-4-6-9-23/h4-21H,1-3H3,(H,35,38)(H,36,40)(H,37,39)/b29-18+. The number of amides is 3. The Balaban J connectivity index is 1.47. The average Bonchev–Trinajstić information content (AvgIpc) is 3.01. The third kappa shape index (κ3) is 8.88. The fraction of sp³-hybridized carbons (Fsp3) is 0.121. The van der Waals surface area contributed by atoms with Gasteiger partial charge in [-0.05, 0) is 79.2 Å². The molecular weight excluding hydrogens is 586 g/mol. The third-order valence-electron chi connectivity index (χ3n) is 6.15. The third-order valence-corrected chi connectivity index (χ3v) is 7.54. The minimum absolute atomic E-state index is 0.0583. The van der Waals surface area contributed by atoms with Crippen LogP contribution < -0.4 is 25.4 Å². The van der Waals surface area contributed by atoms with Crippen LogP contribution in [-0.4, -0.2) is 37.2 Å². The van der Waals surface area contributed by atoms with Crippen molar-refractivity contribution >= 4 is 58.5 Å². The van der Waals surface area contributed by atoms with Gasteiger partial charge >= 0.3 is 0 Å². The lowest BCUT2D eigenvalue weighted by molar-refractivity contribution is -0.115. The zero-order valence-corrected chi connectivity index (χ0v) is 25.3. The SMILES string of the molecule is COc1ccc(/C=C(/NC(=O)c2ccccc2)C(=O)Nc2cccc(SC(C)C(=O)Nc3ccc(OC)c(Cl)c3)c2)cc1. The van der Waals surface area contributed by atoms with Crippen molar-refractivity contribution in [3.05, 3.63) is 119 Å². The van der Waals surface area contributed by atoms with Gasteiger partial charge < -0.3 is 25.4 Å². The highest BCUT2D eigenvalue weighted by atomic mass is 35.5. The second-order valence-electron chi connectivity index (χ2n) is 9.23. The highest BCUT2D eigenvalue weighted by Crippen LogP contribution is 2.29. The number of ether oxygens (including phenoxy) is 2. The summed E-state index contributed by atoms with van der Waals surface area (Å²) in [5.41, 5.74) is 2.22. The first-order valence-electron chi connectivity index (χ1n) is 13.2. The molecule has 0 saturated carbocycles. The number of rotatable bonds is 11. The van der Waals surface area contributed by atoms with E-state index in [2.05, 4.69) is 16.0 Å². The van der Waals surface area contributed by atoms with Gasteiger partial charge in [0.2, 0.25) is 5.91 Å². The summed E-state index contributed by atoms with van der Waals surface area (Å²) in [5, 5.41) is 8.37. The minimum Gasteiger partial charge on any atom is -0.497 e. The maximum Gasteiger partial charge on any atom is 0.272 e. The van der Waals surface area contributed by atoms with E-state index in [-0.39, 0.29) is 11.6 Å². The van der Waals surface area contributed by atoms with E-state index < -0.39 is 17.1 Å². The summed E-state index contributed by atoms with van der Waals surface area (Å²) in [4.78, 5) is 39.9. The Labute approximate surface area is 259 Å². The monoisotopic (exact) mass is 615 g/mol. The molecule has 3 amide bonds. The molecule has 0 fully saturated rings. The van der Waals surface area contributed by atoms with Gasteiger partial charge in [-0.2, -0.15) is 0 Å². The molecule has 0 radical (unpaired) electrons. The fourth-order valence-electron chi connectivity index (χ4n) is 3.90. The molecule has 1 atom stereocenters. The number of halogens is 1. The number of nitrogens with one attached hydrogen (secondary N) is 3. The topological polar surface area (TPSA) is 106 Å². The lowest BCUT2D eigenvalue weighted by Gasteiger charge is -2.14. The fourth-order valence-corrected chi connectivity index (χ4v) is 5.08. The molecule has 3 N–H and O–H groups in total. The van der Waals surface area contributed by atoms with Gasteiger partial charge in [-0.1, -0.05) is 48.0 Å². The van der Waals surface area contributed by atoms with Gasteiger partial charge in [-0.15, -0.1) is 11.8 Å². The number of hydrogen-bond donors (Lipinski definition) is 3. The summed E-state index contributed by atoms with van der Waals surface area (Å²) >= 11 is 7.50. The molecular formula is C33H30ClN3O5S. The van der Waals surface area contributed by atoms with E-state index in [9.17, 15) is 14.4 Å². The van der Waals surface area contributed by atoms with Gasteiger partial charge in [-0.3, -0.25) is 14.4 Å². The number of anilines is 2. The van der Waals surface area contributed by atoms with Gasteiger partial charge in [0.25, 0.3) is 11.8 Å². The van der Waals surface area contributed by atoms with E-state index in [4.69, 9.17) is 21.1 Å². The van der Waals surface area contributed by atoms with Crippen molar-refractivity contribution in [2.45, 2.75) is 17.1 Å². The first-order chi connectivity index (χ1) is 20.7. The van der Waals surface area contributed by atoms with Gasteiger partial charge in [-0.25, -0.2) is 0 Å². The maximum absolute atomic E-state index is 13.4. The summed E-state index contributed by atoms with van der Waals surface area (Å²) in [6.07, 6.45) is 1.59. The predicted molar refractivity (Wildman–Crippen MR) is 172 cm³/mol. The van der Waals surface area contributed by atoms with E-state index in [0.717, 1.165) is 4.90 Å². The second kappa shape index (κ2) is 14.9. The van der Waals surface area contributed by atoms with Crippen molar-refractivity contribution in [3.63, 3.8) is 0 Å². The molecule has 1 unspecified atom stereocenters. The van der Waals surface area contributed by atoms with Crippen LogP contribution >= 0.6 is 23.4 Å². The molecule has 220 valence electrons. The summed E-state index contributed by atoms with van der Waals surface area (Å²) in [7, 11) is 3.09. The number of hydrogen-bond acceptors (Lipinski definition) is 6. The van der Waals surface area contributed by atoms with Crippen molar-refractivity contribution in [1.82, 2.24) is 5.32 Å². The minimum atomic E-state index is -0.510. The quantitative estimate of drug-likeness (QED) is 0.125. The van der Waals surface area contributed by atoms with Gasteiger partial charge in [0.05, 0.1) is 24.5 Å². The van der Waals surface area contributed by atoms with Crippen molar-refractivity contribution in [3.8, 4) is 11.5 Å². The lowest BCUT2D eigenvalue weighted by atomic mass is 10.1. The highest BCUT2D eigenvalue weighted by Gasteiger charge is 2.18. The van der Waals surface area contributed by atoms with Crippen LogP contribution in [0.25, 0.3) is 6.08 Å². The van der Waals surface area contributed by atoms with Crippen LogP contribution in [0.5, 0.6) is 11.5 Å². The predicted octanol–water partition coefficient (Wildman–Crippen LogP) is 6.89. The van der Waals surface area contributed by atoms with E-state index in [0.29, 0.717) is 39.0 Å². The molecule has 0 aliphatic carbocycles. The summed E-state index contributed by atoms with van der Waals surface area (Å²) in [5.74, 6) is 0.0420. The number of benzene rings is 4. The van der Waals surface area contributed by atoms with Crippen LogP contribution in [0.3, 0.4) is 0 Å². The Morgan fingerprint density at radius 2 is 1.53 bits per heavy atom. The smallest absolute Gasteiger partial charge is 0.272 e. The van der Waals surface area contributed by atoms with E-state index >= 15 is 0 Å². The maximum atomic E-state index is 13.4. The molecule has 0 aliphatic rings. The first-order valence-corrected chi connectivity index (χ1v) is 14.5. The molecule has 0 aliphatic heterocycles. The van der Waals surface area contributed by atoms with E-state index in [1.54, 1.807) is 105 Å². The van der Waals surface area contributed by atoms with Crippen LogP contribution in [0, 0.1) is 0 Å². The van der Waals surface area contributed by atoms with Crippen LogP contribution in [0.4, 0.5) is 11.4 Å². The molecule has 0 saturated heterocycles. The normalized spacial score (nSPS) is 11.7. The molecule has 8 nitrogen and oxygen atoms in total. The molecule has 4 aromatic rings. The molecule has 10 heteroatoms. The highest BCUT2D eigenvalue weighted by molar-refractivity contribution is 8.00. The summed E-state index contributed by atoms with van der Waals surface area (Å²) in [6, 6.07) is 27.9.